The lowest BCUT2D eigenvalue weighted by Crippen LogP contribution is -2.17. The molecule has 4 heteroatoms. The zero-order valence-electron chi connectivity index (χ0n) is 8.07. The van der Waals surface area contributed by atoms with E-state index < -0.39 is 11.4 Å². The first-order valence-corrected chi connectivity index (χ1v) is 5.73. The number of halogens is 1. The van der Waals surface area contributed by atoms with Gasteiger partial charge < -0.3 is 5.11 Å². The van der Waals surface area contributed by atoms with E-state index >= 15 is 0 Å². The Kier molecular flexibility index (Phi) is 2.69. The first-order chi connectivity index (χ1) is 7.12. The monoisotopic (exact) mass is 226 g/mol. The predicted molar refractivity (Wildman–Crippen MR) is 56.4 cm³/mol. The Hall–Kier alpha value is -1.03. The van der Waals surface area contributed by atoms with E-state index in [4.69, 9.17) is 5.11 Å². The summed E-state index contributed by atoms with van der Waals surface area (Å²) in [7, 11) is 0. The maximum absolute atomic E-state index is 12.6. The molecule has 1 saturated carbocycles. The Bertz CT molecular complexity index is 371. The SMILES string of the molecule is O=C(O)C1(CSc2ccc(F)cc2)CC1. The topological polar surface area (TPSA) is 37.3 Å². The number of carboxylic acids is 1. The summed E-state index contributed by atoms with van der Waals surface area (Å²) in [5, 5.41) is 8.95. The summed E-state index contributed by atoms with van der Waals surface area (Å²) in [6.07, 6.45) is 1.52. The van der Waals surface area contributed by atoms with Crippen molar-refractivity contribution in [1.29, 1.82) is 0 Å². The van der Waals surface area contributed by atoms with Crippen molar-refractivity contribution in [2.24, 2.45) is 5.41 Å². The van der Waals surface area contributed by atoms with Crippen LogP contribution >= 0.6 is 11.8 Å². The molecule has 0 spiro atoms. The number of benzene rings is 1. The van der Waals surface area contributed by atoms with Gasteiger partial charge in [-0.2, -0.15) is 0 Å². The third-order valence-electron chi connectivity index (χ3n) is 2.64. The van der Waals surface area contributed by atoms with E-state index in [2.05, 4.69) is 0 Å². The molecular weight excluding hydrogens is 215 g/mol. The Labute approximate surface area is 91.5 Å². The lowest BCUT2D eigenvalue weighted by molar-refractivity contribution is -0.142. The van der Waals surface area contributed by atoms with Gasteiger partial charge in [0, 0.05) is 10.6 Å². The summed E-state index contributed by atoms with van der Waals surface area (Å²) in [4.78, 5) is 11.8. The highest BCUT2D eigenvalue weighted by Gasteiger charge is 2.49. The third kappa shape index (κ3) is 2.31. The van der Waals surface area contributed by atoms with Gasteiger partial charge in [-0.25, -0.2) is 4.39 Å². The van der Waals surface area contributed by atoms with Crippen LogP contribution in [0.15, 0.2) is 29.2 Å². The van der Waals surface area contributed by atoms with Crippen LogP contribution in [0.25, 0.3) is 0 Å². The fourth-order valence-electron chi connectivity index (χ4n) is 1.32. The molecule has 1 fully saturated rings. The quantitative estimate of drug-likeness (QED) is 0.802. The van der Waals surface area contributed by atoms with Crippen molar-refractivity contribution in [2.45, 2.75) is 17.7 Å². The van der Waals surface area contributed by atoms with Crippen molar-refractivity contribution in [3.63, 3.8) is 0 Å². The zero-order chi connectivity index (χ0) is 10.9. The van der Waals surface area contributed by atoms with Gasteiger partial charge in [0.1, 0.15) is 5.82 Å². The first kappa shape index (κ1) is 10.5. The van der Waals surface area contributed by atoms with Gasteiger partial charge in [0.05, 0.1) is 5.41 Å². The molecule has 0 amide bonds. The van der Waals surface area contributed by atoms with E-state index in [0.717, 1.165) is 17.7 Å². The van der Waals surface area contributed by atoms with Gasteiger partial charge in [0.25, 0.3) is 0 Å². The van der Waals surface area contributed by atoms with Crippen LogP contribution in [0.1, 0.15) is 12.8 Å². The van der Waals surface area contributed by atoms with Gasteiger partial charge in [-0.1, -0.05) is 0 Å². The minimum absolute atomic E-state index is 0.265. The van der Waals surface area contributed by atoms with Gasteiger partial charge in [-0.15, -0.1) is 11.8 Å². The molecule has 0 unspecified atom stereocenters. The molecule has 2 nitrogen and oxygen atoms in total. The van der Waals surface area contributed by atoms with E-state index in [1.165, 1.54) is 23.9 Å². The van der Waals surface area contributed by atoms with Crippen LogP contribution in [0.3, 0.4) is 0 Å². The summed E-state index contributed by atoms with van der Waals surface area (Å²) < 4.78 is 12.6. The van der Waals surface area contributed by atoms with Gasteiger partial charge in [-0.05, 0) is 37.1 Å². The van der Waals surface area contributed by atoms with Crippen molar-refractivity contribution < 1.29 is 14.3 Å². The van der Waals surface area contributed by atoms with Crippen LogP contribution in [0.4, 0.5) is 4.39 Å². The summed E-state index contributed by atoms with van der Waals surface area (Å²) in [5.74, 6) is -0.399. The minimum atomic E-state index is -0.711. The maximum atomic E-state index is 12.6. The molecule has 0 heterocycles. The van der Waals surface area contributed by atoms with Crippen molar-refractivity contribution in [3.8, 4) is 0 Å². The number of carboxylic acid groups (broad SMARTS) is 1. The number of aliphatic carboxylic acids is 1. The average molecular weight is 226 g/mol. The van der Waals surface area contributed by atoms with E-state index in [1.54, 1.807) is 12.1 Å². The normalized spacial score (nSPS) is 17.4. The molecule has 1 aromatic rings. The summed E-state index contributed by atoms with van der Waals surface area (Å²) in [6, 6.07) is 6.14. The van der Waals surface area contributed by atoms with Gasteiger partial charge in [0.2, 0.25) is 0 Å². The largest absolute Gasteiger partial charge is 0.481 e. The first-order valence-electron chi connectivity index (χ1n) is 4.74. The Morgan fingerprint density at radius 3 is 2.47 bits per heavy atom. The molecule has 0 atom stereocenters. The number of rotatable bonds is 4. The maximum Gasteiger partial charge on any atom is 0.310 e. The lowest BCUT2D eigenvalue weighted by Gasteiger charge is -2.08. The second-order valence-electron chi connectivity index (χ2n) is 3.83. The molecular formula is C11H11FO2S. The minimum Gasteiger partial charge on any atom is -0.481 e. The van der Waals surface area contributed by atoms with Crippen LogP contribution in [-0.4, -0.2) is 16.8 Å². The predicted octanol–water partition coefficient (Wildman–Crippen LogP) is 2.78. The molecule has 0 radical (unpaired) electrons. The molecule has 0 saturated heterocycles. The van der Waals surface area contributed by atoms with Crippen LogP contribution in [-0.2, 0) is 4.79 Å². The highest BCUT2D eigenvalue weighted by atomic mass is 32.2. The molecule has 80 valence electrons. The molecule has 1 aliphatic carbocycles. The standard InChI is InChI=1S/C11H11FO2S/c12-8-1-3-9(4-2-8)15-7-11(5-6-11)10(13)14/h1-4H,5-7H2,(H,13,14). The van der Waals surface area contributed by atoms with Crippen molar-refractivity contribution in [1.82, 2.24) is 0 Å². The highest BCUT2D eigenvalue weighted by Crippen LogP contribution is 2.49. The molecule has 1 N–H and O–H groups in total. The van der Waals surface area contributed by atoms with E-state index in [9.17, 15) is 9.18 Å². The third-order valence-corrected chi connectivity index (χ3v) is 3.94. The van der Waals surface area contributed by atoms with Crippen molar-refractivity contribution in [3.05, 3.63) is 30.1 Å². The van der Waals surface area contributed by atoms with Crippen LogP contribution in [0, 0.1) is 11.2 Å². The molecule has 0 bridgehead atoms. The molecule has 2 rings (SSSR count). The van der Waals surface area contributed by atoms with Crippen LogP contribution in [0.2, 0.25) is 0 Å². The van der Waals surface area contributed by atoms with Crippen LogP contribution in [0.5, 0.6) is 0 Å². The summed E-state index contributed by atoms with van der Waals surface area (Å²) in [6.45, 7) is 0. The lowest BCUT2D eigenvalue weighted by atomic mass is 10.1. The van der Waals surface area contributed by atoms with E-state index in [0.29, 0.717) is 5.75 Å². The molecule has 1 aromatic carbocycles. The number of hydrogen-bond acceptors (Lipinski definition) is 2. The number of thioether (sulfide) groups is 1. The van der Waals surface area contributed by atoms with E-state index in [1.807, 2.05) is 0 Å². The summed E-state index contributed by atoms with van der Waals surface area (Å²) >= 11 is 1.48. The smallest absolute Gasteiger partial charge is 0.310 e. The highest BCUT2D eigenvalue weighted by molar-refractivity contribution is 7.99. The number of hydrogen-bond donors (Lipinski definition) is 1. The molecule has 0 aromatic heterocycles. The second kappa shape index (κ2) is 3.85. The Morgan fingerprint density at radius 2 is 2.00 bits per heavy atom. The zero-order valence-corrected chi connectivity index (χ0v) is 8.89. The number of carbonyl (C=O) groups is 1. The second-order valence-corrected chi connectivity index (χ2v) is 4.88. The summed E-state index contributed by atoms with van der Waals surface area (Å²) in [5.41, 5.74) is -0.515. The van der Waals surface area contributed by atoms with Gasteiger partial charge in [-0.3, -0.25) is 4.79 Å². The Balaban J connectivity index is 1.94. The van der Waals surface area contributed by atoms with Gasteiger partial charge >= 0.3 is 5.97 Å². The van der Waals surface area contributed by atoms with Gasteiger partial charge in [0.15, 0.2) is 0 Å². The Morgan fingerprint density at radius 1 is 1.40 bits per heavy atom. The van der Waals surface area contributed by atoms with E-state index in [-0.39, 0.29) is 5.82 Å². The molecule has 15 heavy (non-hydrogen) atoms. The fraction of sp³-hybridized carbons (Fsp3) is 0.364. The van der Waals surface area contributed by atoms with Crippen molar-refractivity contribution in [2.75, 3.05) is 5.75 Å². The fourth-order valence-corrected chi connectivity index (χ4v) is 2.51. The molecule has 1 aliphatic rings. The van der Waals surface area contributed by atoms with Crippen molar-refractivity contribution >= 4 is 17.7 Å². The average Bonchev–Trinajstić information content (AvgIpc) is 2.98. The van der Waals surface area contributed by atoms with Crippen LogP contribution < -0.4 is 0 Å². The molecule has 0 aliphatic heterocycles.